The van der Waals surface area contributed by atoms with Crippen molar-refractivity contribution in [3.05, 3.63) is 52.5 Å². The number of benzene rings is 2. The monoisotopic (exact) mass is 459 g/mol. The summed E-state index contributed by atoms with van der Waals surface area (Å²) in [5, 5.41) is 11.8. The zero-order valence-corrected chi connectivity index (χ0v) is 17.2. The lowest BCUT2D eigenvalue weighted by Crippen LogP contribution is -2.33. The summed E-state index contributed by atoms with van der Waals surface area (Å²) >= 11 is 3.30. The number of aromatic amines is 1. The number of hydrogen-bond donors (Lipinski definition) is 3. The lowest BCUT2D eigenvalue weighted by molar-refractivity contribution is -0.115. The van der Waals surface area contributed by atoms with Crippen LogP contribution < -0.4 is 20.1 Å². The highest BCUT2D eigenvalue weighted by Gasteiger charge is 2.14. The van der Waals surface area contributed by atoms with Gasteiger partial charge >= 0.3 is 0 Å². The zero-order chi connectivity index (χ0) is 20.8. The van der Waals surface area contributed by atoms with Crippen molar-refractivity contribution in [3.63, 3.8) is 0 Å². The number of carbonyl (C=O) groups is 2. The smallest absolute Gasteiger partial charge is 0.251 e. The van der Waals surface area contributed by atoms with Crippen LogP contribution in [0.25, 0.3) is 11.4 Å². The van der Waals surface area contributed by atoms with Crippen LogP contribution in [0.2, 0.25) is 0 Å². The Kier molecular flexibility index (Phi) is 6.45. The van der Waals surface area contributed by atoms with E-state index in [1.54, 1.807) is 43.5 Å². The molecule has 0 fully saturated rings. The Bertz CT molecular complexity index is 1040. The largest absolute Gasteiger partial charge is 0.497 e. The van der Waals surface area contributed by atoms with Gasteiger partial charge in [-0.25, -0.2) is 0 Å². The Balaban J connectivity index is 1.61. The molecular formula is C19H18BrN5O4. The Morgan fingerprint density at radius 3 is 2.69 bits per heavy atom. The van der Waals surface area contributed by atoms with Gasteiger partial charge in [0, 0.05) is 16.1 Å². The summed E-state index contributed by atoms with van der Waals surface area (Å²) in [6.07, 6.45) is 0. The third-order valence-electron chi connectivity index (χ3n) is 3.90. The number of nitrogens with one attached hydrogen (secondary N) is 3. The van der Waals surface area contributed by atoms with Crippen molar-refractivity contribution >= 4 is 33.7 Å². The molecule has 0 bridgehead atoms. The fourth-order valence-electron chi connectivity index (χ4n) is 2.49. The first kappa shape index (κ1) is 20.3. The predicted molar refractivity (Wildman–Crippen MR) is 110 cm³/mol. The molecule has 3 rings (SSSR count). The Morgan fingerprint density at radius 2 is 1.97 bits per heavy atom. The Labute approximate surface area is 175 Å². The first-order chi connectivity index (χ1) is 14.0. The summed E-state index contributed by atoms with van der Waals surface area (Å²) in [5.74, 6) is 0.859. The van der Waals surface area contributed by atoms with E-state index in [0.29, 0.717) is 28.5 Å². The number of nitrogens with zero attached hydrogens (tertiary/aromatic N) is 2. The van der Waals surface area contributed by atoms with E-state index < -0.39 is 5.91 Å². The topological polar surface area (TPSA) is 118 Å². The Morgan fingerprint density at radius 1 is 1.14 bits per heavy atom. The molecule has 0 atom stereocenters. The highest BCUT2D eigenvalue weighted by molar-refractivity contribution is 9.10. The Hall–Kier alpha value is -3.40. The van der Waals surface area contributed by atoms with Crippen molar-refractivity contribution < 1.29 is 19.1 Å². The van der Waals surface area contributed by atoms with E-state index in [1.807, 2.05) is 6.07 Å². The number of hydrogen-bond acceptors (Lipinski definition) is 6. The number of carbonyl (C=O) groups excluding carboxylic acids is 2. The average Bonchev–Trinajstić information content (AvgIpc) is 3.19. The van der Waals surface area contributed by atoms with Crippen LogP contribution in [-0.4, -0.2) is 47.8 Å². The van der Waals surface area contributed by atoms with Crippen molar-refractivity contribution in [3.8, 4) is 22.9 Å². The van der Waals surface area contributed by atoms with Gasteiger partial charge < -0.3 is 14.8 Å². The van der Waals surface area contributed by atoms with E-state index in [9.17, 15) is 9.59 Å². The van der Waals surface area contributed by atoms with Crippen LogP contribution >= 0.6 is 15.9 Å². The number of anilines is 1. The van der Waals surface area contributed by atoms with Crippen LogP contribution in [0, 0.1) is 0 Å². The van der Waals surface area contributed by atoms with E-state index in [4.69, 9.17) is 9.47 Å². The maximum atomic E-state index is 12.1. The maximum Gasteiger partial charge on any atom is 0.251 e. The molecule has 3 aromatic rings. The summed E-state index contributed by atoms with van der Waals surface area (Å²) < 4.78 is 11.3. The zero-order valence-electron chi connectivity index (χ0n) is 15.7. The number of halogens is 1. The van der Waals surface area contributed by atoms with E-state index in [-0.39, 0.29) is 18.4 Å². The van der Waals surface area contributed by atoms with Gasteiger partial charge in [-0.1, -0.05) is 22.0 Å². The van der Waals surface area contributed by atoms with Gasteiger partial charge in [0.25, 0.3) is 5.91 Å². The summed E-state index contributed by atoms with van der Waals surface area (Å²) in [6, 6.07) is 12.1. The molecule has 9 nitrogen and oxygen atoms in total. The molecule has 10 heteroatoms. The second-order valence-electron chi connectivity index (χ2n) is 5.82. The number of methoxy groups -OCH3 is 2. The van der Waals surface area contributed by atoms with Crippen molar-refractivity contribution in [2.45, 2.75) is 0 Å². The molecule has 1 heterocycles. The van der Waals surface area contributed by atoms with Crippen molar-refractivity contribution in [2.75, 3.05) is 26.1 Å². The van der Waals surface area contributed by atoms with Gasteiger partial charge in [-0.05, 0) is 30.3 Å². The van der Waals surface area contributed by atoms with E-state index >= 15 is 0 Å². The first-order valence-corrected chi connectivity index (χ1v) is 9.28. The molecular weight excluding hydrogens is 442 g/mol. The normalized spacial score (nSPS) is 10.3. The molecule has 0 aliphatic carbocycles. The lowest BCUT2D eigenvalue weighted by Gasteiger charge is -2.07. The third kappa shape index (κ3) is 5.11. The van der Waals surface area contributed by atoms with Gasteiger partial charge in [0.15, 0.2) is 5.82 Å². The second kappa shape index (κ2) is 9.20. The summed E-state index contributed by atoms with van der Waals surface area (Å²) in [6.45, 7) is -0.221. The summed E-state index contributed by atoms with van der Waals surface area (Å²) in [7, 11) is 3.09. The molecule has 0 saturated heterocycles. The number of amides is 2. The maximum absolute atomic E-state index is 12.1. The molecule has 2 amide bonds. The summed E-state index contributed by atoms with van der Waals surface area (Å²) in [5.41, 5.74) is 1.10. The van der Waals surface area contributed by atoms with Crippen LogP contribution in [0.3, 0.4) is 0 Å². The van der Waals surface area contributed by atoms with Gasteiger partial charge in [0.05, 0.1) is 26.3 Å². The van der Waals surface area contributed by atoms with Crippen LogP contribution in [0.1, 0.15) is 10.4 Å². The number of ether oxygens (including phenoxy) is 2. The van der Waals surface area contributed by atoms with Gasteiger partial charge in [0.1, 0.15) is 11.5 Å². The predicted octanol–water partition coefficient (Wildman–Crippen LogP) is 2.62. The minimum Gasteiger partial charge on any atom is -0.497 e. The van der Waals surface area contributed by atoms with E-state index in [2.05, 4.69) is 41.7 Å². The number of rotatable bonds is 7. The molecule has 1 aromatic heterocycles. The minimum atomic E-state index is -0.458. The van der Waals surface area contributed by atoms with Crippen LogP contribution in [0.5, 0.6) is 11.5 Å². The molecule has 0 unspecified atom stereocenters. The first-order valence-electron chi connectivity index (χ1n) is 8.48. The van der Waals surface area contributed by atoms with Crippen molar-refractivity contribution in [2.24, 2.45) is 0 Å². The SMILES string of the molecule is COc1ccc(-c2nc(NC(=O)CNC(=O)c3cccc(Br)c3)n[nH]2)c(OC)c1. The molecule has 150 valence electrons. The lowest BCUT2D eigenvalue weighted by atomic mass is 10.2. The quantitative estimate of drug-likeness (QED) is 0.499. The average molecular weight is 460 g/mol. The molecule has 0 aliphatic rings. The molecule has 0 spiro atoms. The van der Waals surface area contributed by atoms with E-state index in [0.717, 1.165) is 4.47 Å². The molecule has 0 radical (unpaired) electrons. The molecule has 0 saturated carbocycles. The van der Waals surface area contributed by atoms with Crippen molar-refractivity contribution in [1.82, 2.24) is 20.5 Å². The fraction of sp³-hybridized carbons (Fsp3) is 0.158. The molecule has 3 N–H and O–H groups in total. The minimum absolute atomic E-state index is 0.0829. The highest BCUT2D eigenvalue weighted by atomic mass is 79.9. The fourth-order valence-corrected chi connectivity index (χ4v) is 2.89. The van der Waals surface area contributed by atoms with Crippen LogP contribution in [0.15, 0.2) is 46.9 Å². The van der Waals surface area contributed by atoms with Gasteiger partial charge in [-0.15, -0.1) is 5.10 Å². The highest BCUT2D eigenvalue weighted by Crippen LogP contribution is 2.31. The standard InChI is InChI=1S/C19H18BrN5O4/c1-28-13-6-7-14(15(9-13)29-2)17-23-19(25-24-17)22-16(26)10-21-18(27)11-4-3-5-12(20)8-11/h3-9H,10H2,1-2H3,(H,21,27)(H2,22,23,24,25,26). The number of H-pyrrole nitrogens is 1. The summed E-state index contributed by atoms with van der Waals surface area (Å²) in [4.78, 5) is 28.4. The molecule has 29 heavy (non-hydrogen) atoms. The van der Waals surface area contributed by atoms with Crippen LogP contribution in [0.4, 0.5) is 5.95 Å². The van der Waals surface area contributed by atoms with Gasteiger partial charge in [-0.2, -0.15) is 4.98 Å². The van der Waals surface area contributed by atoms with Gasteiger partial charge in [0.2, 0.25) is 11.9 Å². The molecule has 0 aliphatic heterocycles. The number of aromatic nitrogens is 3. The van der Waals surface area contributed by atoms with Crippen LogP contribution in [-0.2, 0) is 4.79 Å². The molecule has 2 aromatic carbocycles. The second-order valence-corrected chi connectivity index (χ2v) is 6.73. The van der Waals surface area contributed by atoms with Gasteiger partial charge in [-0.3, -0.25) is 20.0 Å². The van der Waals surface area contributed by atoms with E-state index in [1.165, 1.54) is 7.11 Å². The third-order valence-corrected chi connectivity index (χ3v) is 4.39. The van der Waals surface area contributed by atoms with Crippen molar-refractivity contribution in [1.29, 1.82) is 0 Å².